The van der Waals surface area contributed by atoms with Crippen molar-refractivity contribution in [3.8, 4) is 0 Å². The number of carbonyl (C=O) groups excluding carboxylic acids is 2. The molecule has 3 nitrogen and oxygen atoms in total. The minimum atomic E-state index is 0.0532. The summed E-state index contributed by atoms with van der Waals surface area (Å²) < 4.78 is 0. The third-order valence-electron chi connectivity index (χ3n) is 3.34. The predicted octanol–water partition coefficient (Wildman–Crippen LogP) is 4.58. The van der Waals surface area contributed by atoms with E-state index in [1.807, 2.05) is 0 Å². The number of amides is 1. The number of nitrogens with one attached hydrogen (secondary N) is 1. The monoisotopic (exact) mass is 275 g/mol. The normalized spacial score (nSPS) is 10.2. The predicted molar refractivity (Wildman–Crippen MR) is 83.1 cm³/mol. The Balaban J connectivity index is 2.12. The maximum absolute atomic E-state index is 11.7. The van der Waals surface area contributed by atoms with Gasteiger partial charge < -0.3 is 5.32 Å². The van der Waals surface area contributed by atoms with Crippen molar-refractivity contribution >= 4 is 17.9 Å². The van der Waals surface area contributed by atoms with Gasteiger partial charge in [0.05, 0.1) is 0 Å². The van der Waals surface area contributed by atoms with E-state index in [4.69, 9.17) is 0 Å². The van der Waals surface area contributed by atoms with E-state index in [0.717, 1.165) is 24.8 Å². The first-order valence-electron chi connectivity index (χ1n) is 7.61. The fourth-order valence-corrected chi connectivity index (χ4v) is 2.11. The second-order valence-electron chi connectivity index (χ2n) is 5.16. The summed E-state index contributed by atoms with van der Waals surface area (Å²) in [5.41, 5.74) is 1.37. The molecule has 1 N–H and O–H groups in total. The number of hydrogen-bond donors (Lipinski definition) is 1. The van der Waals surface area contributed by atoms with E-state index in [1.165, 1.54) is 32.1 Å². The Bertz CT molecular complexity index is 398. The van der Waals surface area contributed by atoms with Crippen LogP contribution in [0.15, 0.2) is 24.3 Å². The fraction of sp³-hybridized carbons (Fsp3) is 0.529. The van der Waals surface area contributed by atoms with E-state index in [-0.39, 0.29) is 5.91 Å². The quantitative estimate of drug-likeness (QED) is 0.502. The lowest BCUT2D eigenvalue weighted by Gasteiger charge is -2.05. The zero-order chi connectivity index (χ0) is 14.6. The van der Waals surface area contributed by atoms with Crippen molar-refractivity contribution in [3.05, 3.63) is 29.8 Å². The summed E-state index contributed by atoms with van der Waals surface area (Å²) in [5, 5.41) is 2.85. The Morgan fingerprint density at radius 1 is 1.00 bits per heavy atom. The first-order chi connectivity index (χ1) is 9.76. The molecule has 0 aliphatic heterocycles. The van der Waals surface area contributed by atoms with Gasteiger partial charge in [0.15, 0.2) is 0 Å². The van der Waals surface area contributed by atoms with Gasteiger partial charge in [-0.15, -0.1) is 0 Å². The molecule has 0 spiro atoms. The molecule has 0 saturated heterocycles. The molecule has 110 valence electrons. The van der Waals surface area contributed by atoms with Crippen molar-refractivity contribution in [2.45, 2.75) is 58.3 Å². The molecule has 0 heterocycles. The molecule has 0 aromatic heterocycles. The Kier molecular flexibility index (Phi) is 8.36. The average Bonchev–Trinajstić information content (AvgIpc) is 2.47. The summed E-state index contributed by atoms with van der Waals surface area (Å²) in [6.45, 7) is 2.21. The number of unbranched alkanes of at least 4 members (excludes halogenated alkanes) is 6. The number of aldehydes is 1. The Labute approximate surface area is 121 Å². The van der Waals surface area contributed by atoms with E-state index in [1.54, 1.807) is 24.3 Å². The third-order valence-corrected chi connectivity index (χ3v) is 3.34. The van der Waals surface area contributed by atoms with E-state index in [0.29, 0.717) is 12.0 Å². The average molecular weight is 275 g/mol. The largest absolute Gasteiger partial charge is 0.326 e. The lowest BCUT2D eigenvalue weighted by Crippen LogP contribution is -2.10. The summed E-state index contributed by atoms with van der Waals surface area (Å²) in [6, 6.07) is 6.92. The molecule has 1 aromatic carbocycles. The standard InChI is InChI=1S/C17H25NO2/c1-2-3-4-5-6-7-8-9-17(20)18-16-12-10-15(14-19)11-13-16/h10-14H,2-9H2,1H3,(H,18,20). The van der Waals surface area contributed by atoms with Crippen molar-refractivity contribution < 1.29 is 9.59 Å². The molecule has 0 aliphatic rings. The molecule has 0 fully saturated rings. The van der Waals surface area contributed by atoms with Crippen LogP contribution in [0.5, 0.6) is 0 Å². The van der Waals surface area contributed by atoms with Gasteiger partial charge in [-0.05, 0) is 30.7 Å². The minimum absolute atomic E-state index is 0.0532. The number of hydrogen-bond acceptors (Lipinski definition) is 2. The molecule has 0 bridgehead atoms. The molecule has 1 aromatic rings. The van der Waals surface area contributed by atoms with Crippen molar-refractivity contribution in [2.24, 2.45) is 0 Å². The SMILES string of the molecule is CCCCCCCCCC(=O)Nc1ccc(C=O)cc1. The lowest BCUT2D eigenvalue weighted by molar-refractivity contribution is -0.116. The number of benzene rings is 1. The van der Waals surface area contributed by atoms with Gasteiger partial charge in [0.2, 0.25) is 5.91 Å². The van der Waals surface area contributed by atoms with Crippen molar-refractivity contribution in [1.29, 1.82) is 0 Å². The highest BCUT2D eigenvalue weighted by Gasteiger charge is 2.02. The van der Waals surface area contributed by atoms with Crippen LogP contribution < -0.4 is 5.32 Å². The highest BCUT2D eigenvalue weighted by atomic mass is 16.1. The van der Waals surface area contributed by atoms with Gasteiger partial charge in [-0.2, -0.15) is 0 Å². The van der Waals surface area contributed by atoms with Crippen LogP contribution >= 0.6 is 0 Å². The maximum Gasteiger partial charge on any atom is 0.224 e. The van der Waals surface area contributed by atoms with E-state index < -0.39 is 0 Å². The van der Waals surface area contributed by atoms with Crippen LogP contribution in [0.2, 0.25) is 0 Å². The zero-order valence-corrected chi connectivity index (χ0v) is 12.4. The van der Waals surface area contributed by atoms with Crippen molar-refractivity contribution in [1.82, 2.24) is 0 Å². The third kappa shape index (κ3) is 7.07. The zero-order valence-electron chi connectivity index (χ0n) is 12.4. The summed E-state index contributed by atoms with van der Waals surface area (Å²) in [7, 11) is 0. The minimum Gasteiger partial charge on any atom is -0.326 e. The van der Waals surface area contributed by atoms with E-state index in [2.05, 4.69) is 12.2 Å². The summed E-state index contributed by atoms with van der Waals surface area (Å²) in [5.74, 6) is 0.0532. The van der Waals surface area contributed by atoms with Gasteiger partial charge in [0.25, 0.3) is 0 Å². The van der Waals surface area contributed by atoms with Gasteiger partial charge in [0, 0.05) is 17.7 Å². The van der Waals surface area contributed by atoms with Gasteiger partial charge in [-0.3, -0.25) is 9.59 Å². The number of anilines is 1. The van der Waals surface area contributed by atoms with Crippen LogP contribution in [0, 0.1) is 0 Å². The molecule has 0 atom stereocenters. The van der Waals surface area contributed by atoms with Crippen LogP contribution in [0.4, 0.5) is 5.69 Å². The number of rotatable bonds is 10. The topological polar surface area (TPSA) is 46.2 Å². The Morgan fingerprint density at radius 3 is 2.20 bits per heavy atom. The van der Waals surface area contributed by atoms with Crippen LogP contribution in [0.3, 0.4) is 0 Å². The molecule has 1 amide bonds. The number of carbonyl (C=O) groups is 2. The van der Waals surface area contributed by atoms with Gasteiger partial charge in [-0.1, -0.05) is 45.4 Å². The lowest BCUT2D eigenvalue weighted by atomic mass is 10.1. The highest BCUT2D eigenvalue weighted by molar-refractivity contribution is 5.91. The second kappa shape index (κ2) is 10.2. The van der Waals surface area contributed by atoms with Crippen LogP contribution in [0.1, 0.15) is 68.6 Å². The Hall–Kier alpha value is -1.64. The van der Waals surface area contributed by atoms with Gasteiger partial charge >= 0.3 is 0 Å². The molecule has 3 heteroatoms. The molecule has 0 aliphatic carbocycles. The van der Waals surface area contributed by atoms with E-state index in [9.17, 15) is 9.59 Å². The first kappa shape index (κ1) is 16.4. The second-order valence-corrected chi connectivity index (χ2v) is 5.16. The van der Waals surface area contributed by atoms with Crippen molar-refractivity contribution in [3.63, 3.8) is 0 Å². The fourth-order valence-electron chi connectivity index (χ4n) is 2.11. The van der Waals surface area contributed by atoms with Gasteiger partial charge in [-0.25, -0.2) is 0 Å². The molecular weight excluding hydrogens is 250 g/mol. The molecule has 0 saturated carbocycles. The van der Waals surface area contributed by atoms with Crippen LogP contribution in [-0.4, -0.2) is 12.2 Å². The molecule has 20 heavy (non-hydrogen) atoms. The van der Waals surface area contributed by atoms with Crippen LogP contribution in [-0.2, 0) is 4.79 Å². The molecule has 0 unspecified atom stereocenters. The van der Waals surface area contributed by atoms with Crippen LogP contribution in [0.25, 0.3) is 0 Å². The van der Waals surface area contributed by atoms with Gasteiger partial charge in [0.1, 0.15) is 6.29 Å². The highest BCUT2D eigenvalue weighted by Crippen LogP contribution is 2.11. The maximum atomic E-state index is 11.7. The summed E-state index contributed by atoms with van der Waals surface area (Å²) in [6.07, 6.45) is 9.84. The van der Waals surface area contributed by atoms with E-state index >= 15 is 0 Å². The van der Waals surface area contributed by atoms with Crippen molar-refractivity contribution in [2.75, 3.05) is 5.32 Å². The molecule has 1 rings (SSSR count). The molecular formula is C17H25NO2. The molecule has 0 radical (unpaired) electrons. The summed E-state index contributed by atoms with van der Waals surface area (Å²) in [4.78, 5) is 22.2. The smallest absolute Gasteiger partial charge is 0.224 e. The first-order valence-corrected chi connectivity index (χ1v) is 7.61. The summed E-state index contributed by atoms with van der Waals surface area (Å²) >= 11 is 0. The Morgan fingerprint density at radius 2 is 1.60 bits per heavy atom.